The van der Waals surface area contributed by atoms with Gasteiger partial charge < -0.3 is 15.2 Å². The number of nitrogen functional groups attached to an aromatic ring is 1. The Bertz CT molecular complexity index is 386. The first-order valence-corrected chi connectivity index (χ1v) is 5.60. The van der Waals surface area contributed by atoms with Gasteiger partial charge in [0.2, 0.25) is 0 Å². The summed E-state index contributed by atoms with van der Waals surface area (Å²) in [6, 6.07) is 1.57. The fourth-order valence-corrected chi connectivity index (χ4v) is 1.56. The Balaban J connectivity index is 2.46. The van der Waals surface area contributed by atoms with Crippen molar-refractivity contribution < 1.29 is 19.1 Å². The Morgan fingerprint density at radius 3 is 2.69 bits per heavy atom. The van der Waals surface area contributed by atoms with E-state index < -0.39 is 12.1 Å². The molecule has 0 unspecified atom stereocenters. The molecule has 0 atom stereocenters. The second-order valence-corrected chi connectivity index (χ2v) is 4.47. The Hall–Kier alpha value is -1.56. The molecule has 0 saturated carbocycles. The van der Waals surface area contributed by atoms with E-state index in [9.17, 15) is 9.59 Å². The molecule has 0 aromatic carbocycles. The molecule has 1 aromatic heterocycles. The number of carbonyl (C=O) groups is 2. The number of ether oxygens (including phenoxy) is 2. The molecule has 0 amide bonds. The van der Waals surface area contributed by atoms with Gasteiger partial charge in [0.1, 0.15) is 4.88 Å². The van der Waals surface area contributed by atoms with E-state index in [1.165, 1.54) is 0 Å². The summed E-state index contributed by atoms with van der Waals surface area (Å²) in [4.78, 5) is 22.7. The van der Waals surface area contributed by atoms with Crippen molar-refractivity contribution in [3.8, 4) is 0 Å². The van der Waals surface area contributed by atoms with Gasteiger partial charge in [-0.3, -0.25) is 0 Å². The van der Waals surface area contributed by atoms with Gasteiger partial charge in [-0.25, -0.2) is 9.59 Å². The van der Waals surface area contributed by atoms with Crippen LogP contribution in [0.5, 0.6) is 0 Å². The molecular formula is C10H13NO4S. The highest BCUT2D eigenvalue weighted by Crippen LogP contribution is 2.19. The third-order valence-corrected chi connectivity index (χ3v) is 2.50. The van der Waals surface area contributed by atoms with Gasteiger partial charge in [-0.15, -0.1) is 11.3 Å². The van der Waals surface area contributed by atoms with Crippen LogP contribution in [0.1, 0.15) is 23.5 Å². The third kappa shape index (κ3) is 3.54. The van der Waals surface area contributed by atoms with Gasteiger partial charge in [0.05, 0.1) is 12.3 Å². The maximum absolute atomic E-state index is 11.4. The second kappa shape index (κ2) is 5.50. The summed E-state index contributed by atoms with van der Waals surface area (Å²) in [6.07, 6.45) is -0.994. The summed E-state index contributed by atoms with van der Waals surface area (Å²) in [5.41, 5.74) is 5.79. The molecule has 0 saturated heterocycles. The quantitative estimate of drug-likeness (QED) is 0.650. The highest BCUT2D eigenvalue weighted by Gasteiger charge is 2.18. The number of hydrogen-bond acceptors (Lipinski definition) is 6. The van der Waals surface area contributed by atoms with E-state index in [1.54, 1.807) is 11.4 Å². The van der Waals surface area contributed by atoms with Crippen LogP contribution >= 0.6 is 11.3 Å². The van der Waals surface area contributed by atoms with Gasteiger partial charge in [0.25, 0.3) is 0 Å². The van der Waals surface area contributed by atoms with Crippen molar-refractivity contribution in [2.24, 2.45) is 5.92 Å². The lowest BCUT2D eigenvalue weighted by molar-refractivity contribution is 0.0356. The highest BCUT2D eigenvalue weighted by atomic mass is 32.1. The van der Waals surface area contributed by atoms with Crippen LogP contribution < -0.4 is 5.73 Å². The van der Waals surface area contributed by atoms with Gasteiger partial charge in [-0.05, 0) is 17.4 Å². The summed E-state index contributed by atoms with van der Waals surface area (Å²) >= 11 is 1.12. The van der Waals surface area contributed by atoms with Crippen molar-refractivity contribution in [2.75, 3.05) is 12.3 Å². The lowest BCUT2D eigenvalue weighted by Crippen LogP contribution is -2.16. The number of hydrogen-bond donors (Lipinski definition) is 1. The molecule has 1 rings (SSSR count). The van der Waals surface area contributed by atoms with Crippen LogP contribution in [0, 0.1) is 5.92 Å². The number of carbonyl (C=O) groups excluding carboxylic acids is 2. The van der Waals surface area contributed by atoms with Crippen molar-refractivity contribution in [3.63, 3.8) is 0 Å². The minimum absolute atomic E-state index is 0.189. The fourth-order valence-electron chi connectivity index (χ4n) is 0.871. The van der Waals surface area contributed by atoms with Crippen molar-refractivity contribution in [1.29, 1.82) is 0 Å². The number of rotatable bonds is 3. The molecule has 6 heteroatoms. The van der Waals surface area contributed by atoms with Gasteiger partial charge in [0.15, 0.2) is 0 Å². The normalized spacial score (nSPS) is 10.2. The van der Waals surface area contributed by atoms with Gasteiger partial charge >= 0.3 is 12.1 Å². The molecule has 16 heavy (non-hydrogen) atoms. The SMILES string of the molecule is CC(C)COC(=O)OC(=O)c1sccc1N. The van der Waals surface area contributed by atoms with Crippen LogP contribution in [-0.2, 0) is 9.47 Å². The Labute approximate surface area is 97.2 Å². The molecule has 88 valence electrons. The molecule has 1 aromatic rings. The minimum atomic E-state index is -0.994. The molecule has 5 nitrogen and oxygen atoms in total. The molecule has 0 aliphatic rings. The highest BCUT2D eigenvalue weighted by molar-refractivity contribution is 7.12. The van der Waals surface area contributed by atoms with E-state index in [0.717, 1.165) is 11.3 Å². The molecule has 2 N–H and O–H groups in total. The monoisotopic (exact) mass is 243 g/mol. The third-order valence-electron chi connectivity index (χ3n) is 1.59. The lowest BCUT2D eigenvalue weighted by Gasteiger charge is -2.06. The average molecular weight is 243 g/mol. The molecule has 0 aliphatic carbocycles. The molecule has 1 heterocycles. The van der Waals surface area contributed by atoms with Crippen LogP contribution in [0.25, 0.3) is 0 Å². The summed E-state index contributed by atoms with van der Waals surface area (Å²) in [5.74, 6) is -0.587. The number of nitrogens with two attached hydrogens (primary N) is 1. The van der Waals surface area contributed by atoms with Gasteiger partial charge in [0, 0.05) is 0 Å². The summed E-state index contributed by atoms with van der Waals surface area (Å²) < 4.78 is 9.15. The van der Waals surface area contributed by atoms with E-state index in [0.29, 0.717) is 5.69 Å². The molecular weight excluding hydrogens is 230 g/mol. The van der Waals surface area contributed by atoms with E-state index in [4.69, 9.17) is 10.5 Å². The predicted octanol–water partition coefficient (Wildman–Crippen LogP) is 2.28. The molecule has 0 radical (unpaired) electrons. The fraction of sp³-hybridized carbons (Fsp3) is 0.400. The zero-order valence-corrected chi connectivity index (χ0v) is 9.87. The summed E-state index contributed by atoms with van der Waals surface area (Å²) in [5, 5.41) is 1.64. The summed E-state index contributed by atoms with van der Waals surface area (Å²) in [6.45, 7) is 3.98. The second-order valence-electron chi connectivity index (χ2n) is 3.55. The maximum Gasteiger partial charge on any atom is 0.516 e. The Kier molecular flexibility index (Phi) is 4.30. The maximum atomic E-state index is 11.4. The number of thiophene rings is 1. The van der Waals surface area contributed by atoms with E-state index in [-0.39, 0.29) is 17.4 Å². The standard InChI is InChI=1S/C10H13NO4S/c1-6(2)5-14-10(13)15-9(12)8-7(11)3-4-16-8/h3-4,6H,5,11H2,1-2H3. The van der Waals surface area contributed by atoms with Crippen molar-refractivity contribution >= 4 is 29.1 Å². The molecule has 0 bridgehead atoms. The minimum Gasteiger partial charge on any atom is -0.434 e. The van der Waals surface area contributed by atoms with Gasteiger partial charge in [-0.2, -0.15) is 0 Å². The van der Waals surface area contributed by atoms with Crippen LogP contribution in [0.15, 0.2) is 11.4 Å². The van der Waals surface area contributed by atoms with Crippen molar-refractivity contribution in [3.05, 3.63) is 16.3 Å². The molecule has 0 aliphatic heterocycles. The lowest BCUT2D eigenvalue weighted by atomic mass is 10.2. The first-order valence-electron chi connectivity index (χ1n) is 4.72. The first kappa shape index (κ1) is 12.5. The van der Waals surface area contributed by atoms with E-state index in [1.807, 2.05) is 13.8 Å². The Morgan fingerprint density at radius 2 is 2.19 bits per heavy atom. The zero-order valence-electron chi connectivity index (χ0n) is 9.06. The Morgan fingerprint density at radius 1 is 1.50 bits per heavy atom. The van der Waals surface area contributed by atoms with Crippen LogP contribution in [0.3, 0.4) is 0 Å². The average Bonchev–Trinajstić information content (AvgIpc) is 2.61. The molecule has 0 spiro atoms. The topological polar surface area (TPSA) is 78.6 Å². The summed E-state index contributed by atoms with van der Waals surface area (Å²) in [7, 11) is 0. The van der Waals surface area contributed by atoms with Crippen LogP contribution in [0.2, 0.25) is 0 Å². The predicted molar refractivity (Wildman–Crippen MR) is 60.3 cm³/mol. The van der Waals surface area contributed by atoms with Crippen molar-refractivity contribution in [2.45, 2.75) is 13.8 Å². The smallest absolute Gasteiger partial charge is 0.434 e. The van der Waals surface area contributed by atoms with E-state index >= 15 is 0 Å². The van der Waals surface area contributed by atoms with Crippen LogP contribution in [-0.4, -0.2) is 18.7 Å². The van der Waals surface area contributed by atoms with Gasteiger partial charge in [-0.1, -0.05) is 13.8 Å². The number of anilines is 1. The number of esters is 1. The molecule has 0 fully saturated rings. The van der Waals surface area contributed by atoms with Crippen LogP contribution in [0.4, 0.5) is 10.5 Å². The zero-order chi connectivity index (χ0) is 12.1. The largest absolute Gasteiger partial charge is 0.516 e. The van der Waals surface area contributed by atoms with E-state index in [2.05, 4.69) is 4.74 Å². The first-order chi connectivity index (χ1) is 7.50. The van der Waals surface area contributed by atoms with Crippen molar-refractivity contribution in [1.82, 2.24) is 0 Å².